The van der Waals surface area contributed by atoms with Gasteiger partial charge in [0, 0.05) is 5.69 Å². The first kappa shape index (κ1) is 13.1. The Balaban J connectivity index is 2.61. The van der Waals surface area contributed by atoms with Gasteiger partial charge in [0.1, 0.15) is 5.41 Å². The molecule has 0 spiro atoms. The van der Waals surface area contributed by atoms with Gasteiger partial charge in [-0.15, -0.1) is 0 Å². The van der Waals surface area contributed by atoms with Gasteiger partial charge >= 0.3 is 5.97 Å². The number of hydrogen-bond donors (Lipinski definition) is 2. The molecule has 1 atom stereocenters. The van der Waals surface area contributed by atoms with Crippen molar-refractivity contribution >= 4 is 11.7 Å². The first-order valence-corrected chi connectivity index (χ1v) is 6.11. The molecule has 1 unspecified atom stereocenters. The molecule has 3 N–H and O–H groups in total. The van der Waals surface area contributed by atoms with Crippen LogP contribution in [0.5, 0.6) is 0 Å². The second kappa shape index (κ2) is 4.76. The van der Waals surface area contributed by atoms with Crippen molar-refractivity contribution in [2.75, 3.05) is 5.73 Å². The van der Waals surface area contributed by atoms with Crippen LogP contribution in [0.1, 0.15) is 23.6 Å². The maximum absolute atomic E-state index is 11.8. The summed E-state index contributed by atoms with van der Waals surface area (Å²) in [5, 5.41) is 9.67. The van der Waals surface area contributed by atoms with E-state index in [1.165, 1.54) is 0 Å². The Labute approximate surface area is 112 Å². The van der Waals surface area contributed by atoms with Crippen molar-refractivity contribution in [1.82, 2.24) is 0 Å². The molecule has 0 amide bonds. The zero-order valence-electron chi connectivity index (χ0n) is 11.1. The predicted molar refractivity (Wildman–Crippen MR) is 76.1 cm³/mol. The van der Waals surface area contributed by atoms with Crippen LogP contribution in [0.4, 0.5) is 5.69 Å². The van der Waals surface area contributed by atoms with Crippen molar-refractivity contribution in [3.05, 3.63) is 65.2 Å². The molecule has 0 saturated heterocycles. The molecule has 2 aromatic rings. The van der Waals surface area contributed by atoms with Gasteiger partial charge in [-0.2, -0.15) is 0 Å². The summed E-state index contributed by atoms with van der Waals surface area (Å²) in [7, 11) is 0. The molecule has 0 aliphatic heterocycles. The molecule has 0 fully saturated rings. The third kappa shape index (κ3) is 2.32. The third-order valence-electron chi connectivity index (χ3n) is 3.51. The minimum atomic E-state index is -1.07. The lowest BCUT2D eigenvalue weighted by Gasteiger charge is -2.26. The zero-order valence-corrected chi connectivity index (χ0v) is 11.1. The fraction of sp³-hybridized carbons (Fsp3) is 0.188. The number of aryl methyl sites for hydroxylation is 1. The summed E-state index contributed by atoms with van der Waals surface area (Å²) in [6.45, 7) is 3.67. The molecule has 3 nitrogen and oxygen atoms in total. The van der Waals surface area contributed by atoms with E-state index < -0.39 is 11.4 Å². The molecule has 0 saturated carbocycles. The average molecular weight is 255 g/mol. The van der Waals surface area contributed by atoms with Crippen LogP contribution in [-0.4, -0.2) is 11.1 Å². The van der Waals surface area contributed by atoms with Crippen molar-refractivity contribution < 1.29 is 9.90 Å². The molecule has 0 aliphatic rings. The Morgan fingerprint density at radius 2 is 1.74 bits per heavy atom. The lowest BCUT2D eigenvalue weighted by Crippen LogP contribution is -2.33. The molecule has 98 valence electrons. The second-order valence-corrected chi connectivity index (χ2v) is 4.92. The standard InChI is InChI=1S/C16H17NO2/c1-11-4-3-5-13(10-11)16(2,15(18)19)12-6-8-14(17)9-7-12/h3-10H,17H2,1-2H3,(H,18,19). The van der Waals surface area contributed by atoms with Gasteiger partial charge in [-0.1, -0.05) is 42.0 Å². The maximum atomic E-state index is 11.8. The average Bonchev–Trinajstić information content (AvgIpc) is 2.38. The van der Waals surface area contributed by atoms with Crippen LogP contribution in [0.2, 0.25) is 0 Å². The molecule has 0 aliphatic carbocycles. The van der Waals surface area contributed by atoms with E-state index in [1.807, 2.05) is 31.2 Å². The van der Waals surface area contributed by atoms with Crippen molar-refractivity contribution in [1.29, 1.82) is 0 Å². The molecule has 0 radical (unpaired) electrons. The smallest absolute Gasteiger partial charge is 0.318 e. The maximum Gasteiger partial charge on any atom is 0.318 e. The Bertz CT molecular complexity index is 604. The summed E-state index contributed by atoms with van der Waals surface area (Å²) in [4.78, 5) is 11.8. The van der Waals surface area contributed by atoms with Crippen LogP contribution < -0.4 is 5.73 Å². The lowest BCUT2D eigenvalue weighted by atomic mass is 9.76. The topological polar surface area (TPSA) is 63.3 Å². The molecule has 0 bridgehead atoms. The highest BCUT2D eigenvalue weighted by Gasteiger charge is 2.37. The minimum Gasteiger partial charge on any atom is -0.480 e. The summed E-state index contributed by atoms with van der Waals surface area (Å²) in [5.74, 6) is -0.872. The van der Waals surface area contributed by atoms with Crippen LogP contribution in [-0.2, 0) is 10.2 Å². The van der Waals surface area contributed by atoms with Gasteiger partial charge in [0.2, 0.25) is 0 Å². The normalized spacial score (nSPS) is 13.8. The van der Waals surface area contributed by atoms with Crippen LogP contribution >= 0.6 is 0 Å². The van der Waals surface area contributed by atoms with Crippen molar-refractivity contribution in [2.45, 2.75) is 19.3 Å². The number of nitrogens with two attached hydrogens (primary N) is 1. The van der Waals surface area contributed by atoms with E-state index in [9.17, 15) is 9.90 Å². The summed E-state index contributed by atoms with van der Waals surface area (Å²) < 4.78 is 0. The van der Waals surface area contributed by atoms with Crippen LogP contribution in [0.3, 0.4) is 0 Å². The van der Waals surface area contributed by atoms with Crippen molar-refractivity contribution in [2.24, 2.45) is 0 Å². The number of carboxylic acids is 1. The molecule has 0 aromatic heterocycles. The van der Waals surface area contributed by atoms with Gasteiger partial charge in [0.05, 0.1) is 0 Å². The number of nitrogen functional groups attached to an aromatic ring is 1. The summed E-state index contributed by atoms with van der Waals surface area (Å²) in [5.41, 5.74) is 7.75. The fourth-order valence-corrected chi connectivity index (χ4v) is 2.19. The van der Waals surface area contributed by atoms with E-state index in [2.05, 4.69) is 0 Å². The first-order valence-electron chi connectivity index (χ1n) is 6.11. The number of hydrogen-bond acceptors (Lipinski definition) is 2. The largest absolute Gasteiger partial charge is 0.480 e. The summed E-state index contributed by atoms with van der Waals surface area (Å²) in [6, 6.07) is 14.6. The molecule has 3 heteroatoms. The lowest BCUT2D eigenvalue weighted by molar-refractivity contribution is -0.141. The molecule has 2 rings (SSSR count). The Hall–Kier alpha value is -2.29. The second-order valence-electron chi connectivity index (χ2n) is 4.92. The van der Waals surface area contributed by atoms with Gasteiger partial charge in [0.25, 0.3) is 0 Å². The molecule has 19 heavy (non-hydrogen) atoms. The molecule has 2 aromatic carbocycles. The predicted octanol–water partition coefficient (Wildman–Crippen LogP) is 2.97. The van der Waals surface area contributed by atoms with Gasteiger partial charge in [-0.3, -0.25) is 4.79 Å². The first-order chi connectivity index (χ1) is 8.94. The summed E-state index contributed by atoms with van der Waals surface area (Å²) >= 11 is 0. The number of rotatable bonds is 3. The third-order valence-corrected chi connectivity index (χ3v) is 3.51. The van der Waals surface area contributed by atoms with Gasteiger partial charge in [-0.05, 0) is 37.1 Å². The van der Waals surface area contributed by atoms with Gasteiger partial charge in [-0.25, -0.2) is 0 Å². The zero-order chi connectivity index (χ0) is 14.0. The Kier molecular flexibility index (Phi) is 3.30. The van der Waals surface area contributed by atoms with Gasteiger partial charge in [0.15, 0.2) is 0 Å². The van der Waals surface area contributed by atoms with Crippen LogP contribution in [0.25, 0.3) is 0 Å². The number of benzene rings is 2. The Morgan fingerprint density at radius 3 is 2.26 bits per heavy atom. The number of carboxylic acid groups (broad SMARTS) is 1. The minimum absolute atomic E-state index is 0.626. The van der Waals surface area contributed by atoms with E-state index in [4.69, 9.17) is 5.73 Å². The highest BCUT2D eigenvalue weighted by molar-refractivity contribution is 5.85. The van der Waals surface area contributed by atoms with Crippen molar-refractivity contribution in [3.8, 4) is 0 Å². The number of anilines is 1. The number of aliphatic carboxylic acids is 1. The SMILES string of the molecule is Cc1cccc(C(C)(C(=O)O)c2ccc(N)cc2)c1. The van der Waals surface area contributed by atoms with Crippen molar-refractivity contribution in [3.63, 3.8) is 0 Å². The van der Waals surface area contributed by atoms with E-state index in [0.717, 1.165) is 16.7 Å². The monoisotopic (exact) mass is 255 g/mol. The molecule has 0 heterocycles. The number of carbonyl (C=O) groups is 1. The molecular formula is C16H17NO2. The quantitative estimate of drug-likeness (QED) is 0.829. The van der Waals surface area contributed by atoms with Crippen LogP contribution in [0.15, 0.2) is 48.5 Å². The highest BCUT2D eigenvalue weighted by atomic mass is 16.4. The van der Waals surface area contributed by atoms with E-state index in [0.29, 0.717) is 5.69 Å². The van der Waals surface area contributed by atoms with Gasteiger partial charge < -0.3 is 10.8 Å². The fourth-order valence-electron chi connectivity index (χ4n) is 2.19. The van der Waals surface area contributed by atoms with E-state index in [-0.39, 0.29) is 0 Å². The van der Waals surface area contributed by atoms with Crippen LogP contribution in [0, 0.1) is 6.92 Å². The van der Waals surface area contributed by atoms with E-state index in [1.54, 1.807) is 31.2 Å². The highest BCUT2D eigenvalue weighted by Crippen LogP contribution is 2.33. The summed E-state index contributed by atoms with van der Waals surface area (Å²) in [6.07, 6.45) is 0. The Morgan fingerprint density at radius 1 is 1.11 bits per heavy atom. The molecular weight excluding hydrogens is 238 g/mol. The van der Waals surface area contributed by atoms with E-state index >= 15 is 0 Å².